The third-order valence-electron chi connectivity index (χ3n) is 5.27. The van der Waals surface area contributed by atoms with Gasteiger partial charge in [-0.2, -0.15) is 26.3 Å². The van der Waals surface area contributed by atoms with Crippen molar-refractivity contribution in [3.05, 3.63) is 53.0 Å². The highest BCUT2D eigenvalue weighted by Crippen LogP contribution is 2.40. The number of nitrogens with one attached hydrogen (secondary N) is 1. The molecule has 3 heterocycles. The third-order valence-corrected chi connectivity index (χ3v) is 6.04. The molecule has 3 aromatic heterocycles. The SMILES string of the molecule is CCN(CC)c1nc(Nc2ccnc3cc(-c4nnsc4C(F)(F)F)ccc23)ccc1C(F)(F)F. The van der Waals surface area contributed by atoms with E-state index < -0.39 is 22.8 Å². The summed E-state index contributed by atoms with van der Waals surface area (Å²) in [5.41, 5.74) is -0.0953. The Labute approximate surface area is 199 Å². The van der Waals surface area contributed by atoms with Crippen LogP contribution in [0.5, 0.6) is 0 Å². The molecule has 1 aromatic carbocycles. The fourth-order valence-electron chi connectivity index (χ4n) is 3.61. The van der Waals surface area contributed by atoms with Gasteiger partial charge in [0.1, 0.15) is 17.3 Å². The molecule has 184 valence electrons. The Morgan fingerprint density at radius 2 is 1.69 bits per heavy atom. The van der Waals surface area contributed by atoms with E-state index in [2.05, 4.69) is 24.9 Å². The fourth-order valence-corrected chi connectivity index (χ4v) is 4.16. The summed E-state index contributed by atoms with van der Waals surface area (Å²) < 4.78 is 83.8. The molecule has 0 radical (unpaired) electrons. The molecule has 6 nitrogen and oxygen atoms in total. The van der Waals surface area contributed by atoms with Crippen molar-refractivity contribution >= 4 is 39.8 Å². The van der Waals surface area contributed by atoms with Gasteiger partial charge in [-0.15, -0.1) is 5.10 Å². The van der Waals surface area contributed by atoms with Crippen LogP contribution < -0.4 is 10.2 Å². The lowest BCUT2D eigenvalue weighted by molar-refractivity contribution is -0.137. The van der Waals surface area contributed by atoms with Crippen molar-refractivity contribution < 1.29 is 26.3 Å². The maximum atomic E-state index is 13.5. The molecule has 0 unspecified atom stereocenters. The van der Waals surface area contributed by atoms with Gasteiger partial charge in [0.15, 0.2) is 4.88 Å². The van der Waals surface area contributed by atoms with Gasteiger partial charge in [-0.3, -0.25) is 4.98 Å². The van der Waals surface area contributed by atoms with Gasteiger partial charge in [0.25, 0.3) is 0 Å². The Hall–Kier alpha value is -3.48. The van der Waals surface area contributed by atoms with E-state index in [-0.39, 0.29) is 34.4 Å². The fraction of sp³-hybridized carbons (Fsp3) is 0.273. The molecule has 13 heteroatoms. The second-order valence-electron chi connectivity index (χ2n) is 7.40. The second kappa shape index (κ2) is 9.29. The number of aromatic nitrogens is 4. The van der Waals surface area contributed by atoms with Gasteiger partial charge in [0, 0.05) is 30.2 Å². The summed E-state index contributed by atoms with van der Waals surface area (Å²) in [6.45, 7) is 4.15. The minimum Gasteiger partial charge on any atom is -0.357 e. The Bertz CT molecular complexity index is 1350. The van der Waals surface area contributed by atoms with Crippen molar-refractivity contribution in [2.45, 2.75) is 26.2 Å². The van der Waals surface area contributed by atoms with E-state index in [0.29, 0.717) is 29.7 Å². The molecule has 35 heavy (non-hydrogen) atoms. The summed E-state index contributed by atoms with van der Waals surface area (Å²) in [5.74, 6) is -0.0107. The zero-order chi connectivity index (χ0) is 25.4. The van der Waals surface area contributed by atoms with Crippen LogP contribution in [0, 0.1) is 0 Å². The number of anilines is 3. The van der Waals surface area contributed by atoms with Gasteiger partial charge in [-0.05, 0) is 49.6 Å². The van der Waals surface area contributed by atoms with Crippen molar-refractivity contribution in [2.24, 2.45) is 0 Å². The Morgan fingerprint density at radius 3 is 2.34 bits per heavy atom. The molecule has 0 atom stereocenters. The lowest BCUT2D eigenvalue weighted by atomic mass is 10.1. The number of rotatable bonds is 6. The van der Waals surface area contributed by atoms with Crippen molar-refractivity contribution in [3.8, 4) is 11.3 Å². The van der Waals surface area contributed by atoms with Crippen molar-refractivity contribution in [2.75, 3.05) is 23.3 Å². The molecule has 0 aliphatic carbocycles. The first-order valence-electron chi connectivity index (χ1n) is 10.4. The number of benzene rings is 1. The number of halogens is 6. The highest BCUT2D eigenvalue weighted by Gasteiger charge is 2.38. The van der Waals surface area contributed by atoms with E-state index in [4.69, 9.17) is 0 Å². The minimum atomic E-state index is -4.59. The molecule has 0 aliphatic heterocycles. The second-order valence-corrected chi connectivity index (χ2v) is 8.16. The predicted octanol–water partition coefficient (Wildman–Crippen LogP) is 6.78. The van der Waals surface area contributed by atoms with Gasteiger partial charge < -0.3 is 10.2 Å². The molecule has 4 aromatic rings. The Kier molecular flexibility index (Phi) is 6.54. The van der Waals surface area contributed by atoms with Crippen LogP contribution >= 0.6 is 11.5 Å². The number of fused-ring (bicyclic) bond motifs is 1. The maximum absolute atomic E-state index is 13.5. The van der Waals surface area contributed by atoms with Crippen LogP contribution in [-0.2, 0) is 12.4 Å². The van der Waals surface area contributed by atoms with Gasteiger partial charge in [0.05, 0.1) is 16.8 Å². The van der Waals surface area contributed by atoms with Crippen LogP contribution in [-0.4, -0.2) is 32.6 Å². The summed E-state index contributed by atoms with van der Waals surface area (Å²) in [4.78, 5) is 9.03. The predicted molar refractivity (Wildman–Crippen MR) is 122 cm³/mol. The van der Waals surface area contributed by atoms with Crippen LogP contribution in [0.2, 0.25) is 0 Å². The number of nitrogens with zero attached hydrogens (tertiary/aromatic N) is 5. The van der Waals surface area contributed by atoms with E-state index >= 15 is 0 Å². The first-order valence-corrected chi connectivity index (χ1v) is 11.2. The molecule has 0 saturated heterocycles. The van der Waals surface area contributed by atoms with Crippen LogP contribution in [0.3, 0.4) is 0 Å². The first-order chi connectivity index (χ1) is 16.5. The monoisotopic (exact) mass is 512 g/mol. The molecule has 0 spiro atoms. The standard InChI is InChI=1S/C22H18F6N6S/c1-3-34(4-2)20-14(21(23,24)25)7-8-17(31-20)30-15-9-10-29-16-11-12(5-6-13(15)16)18-19(22(26,27)28)35-33-32-18/h5-11H,3-4H2,1-2H3,(H,29,30,31). The van der Waals surface area contributed by atoms with Crippen molar-refractivity contribution in [1.82, 2.24) is 19.6 Å². The highest BCUT2D eigenvalue weighted by atomic mass is 32.1. The topological polar surface area (TPSA) is 66.8 Å². The van der Waals surface area contributed by atoms with Gasteiger partial charge >= 0.3 is 12.4 Å². The van der Waals surface area contributed by atoms with Crippen molar-refractivity contribution in [1.29, 1.82) is 0 Å². The van der Waals surface area contributed by atoms with E-state index in [1.54, 1.807) is 26.0 Å². The average Bonchev–Trinajstić information content (AvgIpc) is 3.30. The van der Waals surface area contributed by atoms with E-state index in [0.717, 1.165) is 6.07 Å². The normalized spacial score (nSPS) is 12.2. The summed E-state index contributed by atoms with van der Waals surface area (Å²) >= 11 is 0.260. The molecule has 0 bridgehead atoms. The zero-order valence-corrected chi connectivity index (χ0v) is 19.2. The van der Waals surface area contributed by atoms with Gasteiger partial charge in [0.2, 0.25) is 0 Å². The van der Waals surface area contributed by atoms with E-state index in [1.165, 1.54) is 29.3 Å². The van der Waals surface area contributed by atoms with E-state index in [1.807, 2.05) is 0 Å². The van der Waals surface area contributed by atoms with Crippen LogP contribution in [0.25, 0.3) is 22.2 Å². The van der Waals surface area contributed by atoms with Gasteiger partial charge in [-0.25, -0.2) is 4.98 Å². The van der Waals surface area contributed by atoms with Gasteiger partial charge in [-0.1, -0.05) is 16.6 Å². The molecular formula is C22H18F6N6S. The lowest BCUT2D eigenvalue weighted by Crippen LogP contribution is -2.26. The molecular weight excluding hydrogens is 494 g/mol. The number of alkyl halides is 6. The summed E-state index contributed by atoms with van der Waals surface area (Å²) in [7, 11) is 0. The molecule has 0 saturated carbocycles. The lowest BCUT2D eigenvalue weighted by Gasteiger charge is -2.24. The zero-order valence-electron chi connectivity index (χ0n) is 18.4. The smallest absolute Gasteiger partial charge is 0.357 e. The quantitative estimate of drug-likeness (QED) is 0.288. The number of pyridine rings is 2. The molecule has 0 fully saturated rings. The van der Waals surface area contributed by atoms with Crippen LogP contribution in [0.4, 0.5) is 43.7 Å². The van der Waals surface area contributed by atoms with E-state index in [9.17, 15) is 26.3 Å². The minimum absolute atomic E-state index is 0.180. The highest BCUT2D eigenvalue weighted by molar-refractivity contribution is 7.06. The molecule has 0 amide bonds. The largest absolute Gasteiger partial charge is 0.429 e. The van der Waals surface area contributed by atoms with Crippen molar-refractivity contribution in [3.63, 3.8) is 0 Å². The average molecular weight is 512 g/mol. The Balaban J connectivity index is 1.73. The maximum Gasteiger partial charge on any atom is 0.429 e. The number of hydrogen-bond acceptors (Lipinski definition) is 7. The summed E-state index contributed by atoms with van der Waals surface area (Å²) in [5, 5.41) is 7.17. The first kappa shape index (κ1) is 24.6. The number of hydrogen-bond donors (Lipinski definition) is 1. The molecule has 1 N–H and O–H groups in total. The summed E-state index contributed by atoms with van der Waals surface area (Å²) in [6, 6.07) is 8.28. The molecule has 0 aliphatic rings. The van der Waals surface area contributed by atoms with Crippen LogP contribution in [0.1, 0.15) is 24.3 Å². The third kappa shape index (κ3) is 4.99. The van der Waals surface area contributed by atoms with Crippen LogP contribution in [0.15, 0.2) is 42.6 Å². The molecule has 4 rings (SSSR count). The Morgan fingerprint density at radius 1 is 0.943 bits per heavy atom. The summed E-state index contributed by atoms with van der Waals surface area (Å²) in [6.07, 6.45) is -7.72.